The van der Waals surface area contributed by atoms with E-state index in [9.17, 15) is 47.9 Å². The number of cyclic esters (lactones) is 2. The molecule has 24 heteroatoms. The van der Waals surface area contributed by atoms with E-state index in [-0.39, 0.29) is 70.8 Å². The van der Waals surface area contributed by atoms with Crippen molar-refractivity contribution in [1.29, 1.82) is 0 Å². The predicted molar refractivity (Wildman–Crippen MR) is 313 cm³/mol. The molecule has 0 unspecified atom stereocenters. The van der Waals surface area contributed by atoms with Gasteiger partial charge in [-0.1, -0.05) is 100 Å². The van der Waals surface area contributed by atoms with Crippen LogP contribution in [-0.2, 0) is 60.9 Å². The summed E-state index contributed by atoms with van der Waals surface area (Å²) in [4.78, 5) is 137. The van der Waals surface area contributed by atoms with E-state index in [1.165, 1.54) is 73.0 Å². The number of rotatable bonds is 18. The number of allylic oxidation sites excluding steroid dienone is 4. The van der Waals surface area contributed by atoms with Gasteiger partial charge >= 0.3 is 11.9 Å². The van der Waals surface area contributed by atoms with Gasteiger partial charge in [-0.3, -0.25) is 38.4 Å². The van der Waals surface area contributed by atoms with Gasteiger partial charge in [-0.2, -0.15) is 0 Å². The van der Waals surface area contributed by atoms with Gasteiger partial charge in [0, 0.05) is 35.1 Å². The van der Waals surface area contributed by atoms with E-state index >= 15 is 0 Å². The molecule has 4 rings (SSSR count). The second-order valence-corrected chi connectivity index (χ2v) is 22.4. The molecule has 6 amide bonds. The number of hydrogen-bond acceptors (Lipinski definition) is 18. The first-order valence-electron chi connectivity index (χ1n) is 26.5. The van der Waals surface area contributed by atoms with E-state index in [1.807, 2.05) is 26.4 Å². The van der Waals surface area contributed by atoms with Crippen molar-refractivity contribution in [2.75, 3.05) is 24.0 Å². The van der Waals surface area contributed by atoms with Gasteiger partial charge in [0.1, 0.15) is 47.1 Å². The number of aromatic nitrogens is 2. The Kier molecular flexibility index (Phi) is 32.0. The summed E-state index contributed by atoms with van der Waals surface area (Å²) in [6.07, 6.45) is 18.0. The van der Waals surface area contributed by atoms with Gasteiger partial charge in [-0.25, -0.2) is 19.6 Å². The van der Waals surface area contributed by atoms with Crippen molar-refractivity contribution in [2.24, 2.45) is 0 Å². The zero-order chi connectivity index (χ0) is 59.0. The second kappa shape index (κ2) is 37.6. The summed E-state index contributed by atoms with van der Waals surface area (Å²) >= 11 is 5.12. The molecule has 4 bridgehead atoms. The van der Waals surface area contributed by atoms with Gasteiger partial charge in [-0.05, 0) is 88.5 Å². The average molecular weight is 1180 g/mol. The fourth-order valence-electron chi connectivity index (χ4n) is 7.54. The summed E-state index contributed by atoms with van der Waals surface area (Å²) in [5, 5.41) is 16.2. The maximum absolute atomic E-state index is 13.2. The van der Waals surface area contributed by atoms with E-state index in [1.54, 1.807) is 62.4 Å². The van der Waals surface area contributed by atoms with Gasteiger partial charge in [-0.15, -0.1) is 23.5 Å². The molecule has 436 valence electrons. The largest absolute Gasteiger partial charge is 0.456 e. The fraction of sp³-hybridized carbons (Fsp3) is 0.500. The number of hydrogen-bond donors (Lipinski definition) is 6. The molecule has 4 atom stereocenters. The van der Waals surface area contributed by atoms with Gasteiger partial charge in [0.2, 0.25) is 11.8 Å². The number of thioether (sulfide) groups is 4. The van der Waals surface area contributed by atoms with Crippen molar-refractivity contribution >= 4 is 105 Å². The van der Waals surface area contributed by atoms with Crippen molar-refractivity contribution in [2.45, 2.75) is 166 Å². The molecule has 80 heavy (non-hydrogen) atoms. The summed E-state index contributed by atoms with van der Waals surface area (Å²) in [7, 11) is 0. The minimum Gasteiger partial charge on any atom is -0.456 e. The van der Waals surface area contributed by atoms with Crippen LogP contribution in [-0.4, -0.2) is 116 Å². The maximum atomic E-state index is 13.2. The molecular formula is C56H76N8O12S4. The Morgan fingerprint density at radius 3 is 1.56 bits per heavy atom. The summed E-state index contributed by atoms with van der Waals surface area (Å²) in [5.74, 6) is -3.40. The Morgan fingerprint density at radius 2 is 1.11 bits per heavy atom. The lowest BCUT2D eigenvalue weighted by Crippen LogP contribution is -2.46. The Bertz CT molecular complexity index is 2630. The third-order valence-corrected chi connectivity index (χ3v) is 14.9. The number of nitrogens with zero attached hydrogens (tertiary/aromatic N) is 2. The summed E-state index contributed by atoms with van der Waals surface area (Å²) < 4.78 is 11.4. The smallest absolute Gasteiger partial charge is 0.329 e. The van der Waals surface area contributed by atoms with Crippen LogP contribution in [0, 0.1) is 0 Å². The number of esters is 2. The van der Waals surface area contributed by atoms with Crippen molar-refractivity contribution in [3.8, 4) is 0 Å². The van der Waals surface area contributed by atoms with Gasteiger partial charge < -0.3 is 41.4 Å². The lowest BCUT2D eigenvalue weighted by molar-refractivity contribution is -0.152. The molecule has 2 aliphatic rings. The standard InChI is InChI=1S/2C28H38N4O6S2/c1-5-7-8-12-22-28(37)38-20(11-9-10-15-40-18(3)33)16-24(34)29-17-19-13-14-23(39-4)25(30-19)27(36)31-21(6-2)26(35)32-22;1-5-7-8-12-23-28(37)38-20(11-9-10-13-40-18(3)33)15-25(34)29-17-19-14-21(39-4)16-24(30-19)27(36)31-22(6-2)26(35)32-23/h6,9,11,13-14,20,22H,5,7-8,10,12,15-17H2,1-4H3,(H,29,34)(H,31,36)(H,32,35);6,9,11,14,16,20,23H,5,7-8,10,12-13,15,17H2,1-4H3,(H,29,34)(H,31,36)(H,32,35)/b11-9+,21-6-;11-9+,22-6-/t20-,22+;20-,23+/m11/s1. The first-order valence-corrected chi connectivity index (χ1v) is 31.0. The number of pyridine rings is 2. The highest BCUT2D eigenvalue weighted by Crippen LogP contribution is 2.22. The van der Waals surface area contributed by atoms with Crippen molar-refractivity contribution in [3.63, 3.8) is 0 Å². The predicted octanol–water partition coefficient (Wildman–Crippen LogP) is 7.32. The first-order chi connectivity index (χ1) is 38.3. The molecule has 2 aromatic heterocycles. The number of carbonyl (C=O) groups is 10. The van der Waals surface area contributed by atoms with E-state index < -0.39 is 59.9 Å². The molecule has 0 aliphatic carbocycles. The monoisotopic (exact) mass is 1180 g/mol. The zero-order valence-electron chi connectivity index (χ0n) is 46.8. The molecule has 0 saturated heterocycles. The van der Waals surface area contributed by atoms with Crippen LogP contribution in [0.5, 0.6) is 0 Å². The summed E-state index contributed by atoms with van der Waals surface area (Å²) in [5.41, 5.74) is 1.11. The van der Waals surface area contributed by atoms with Crippen LogP contribution >= 0.6 is 47.0 Å². The molecule has 6 N–H and O–H groups in total. The zero-order valence-corrected chi connectivity index (χ0v) is 50.1. The molecule has 0 aromatic carbocycles. The Hall–Kier alpha value is -6.24. The molecule has 0 radical (unpaired) electrons. The Labute approximate surface area is 486 Å². The number of unbranched alkanes of at least 4 members (excludes halogenated alkanes) is 4. The molecule has 2 aromatic rings. The van der Waals surface area contributed by atoms with Crippen LogP contribution in [0.4, 0.5) is 0 Å². The lowest BCUT2D eigenvalue weighted by Gasteiger charge is -2.22. The average Bonchev–Trinajstić information content (AvgIpc) is 3.43. The fourth-order valence-corrected chi connectivity index (χ4v) is 9.64. The third-order valence-electron chi connectivity index (χ3n) is 11.7. The van der Waals surface area contributed by atoms with E-state index in [4.69, 9.17) is 9.47 Å². The number of fused-ring (bicyclic) bond motifs is 4. The molecular weight excluding hydrogens is 1100 g/mol. The van der Waals surface area contributed by atoms with Crippen LogP contribution in [0.15, 0.2) is 81.9 Å². The minimum absolute atomic E-state index is 0.00794. The first kappa shape index (κ1) is 68.0. The van der Waals surface area contributed by atoms with Gasteiger partial charge in [0.25, 0.3) is 23.6 Å². The Balaban J connectivity index is 0.000000420. The lowest BCUT2D eigenvalue weighted by atomic mass is 10.1. The highest BCUT2D eigenvalue weighted by Gasteiger charge is 2.30. The van der Waals surface area contributed by atoms with Crippen LogP contribution in [0.3, 0.4) is 0 Å². The third kappa shape index (κ3) is 25.5. The molecule has 0 fully saturated rings. The van der Waals surface area contributed by atoms with Crippen LogP contribution in [0.1, 0.15) is 151 Å². The topological polar surface area (TPSA) is 287 Å². The van der Waals surface area contributed by atoms with E-state index in [2.05, 4.69) is 41.9 Å². The number of amides is 6. The highest BCUT2D eigenvalue weighted by atomic mass is 32.2. The minimum atomic E-state index is -0.978. The normalized spacial score (nSPS) is 20.1. The molecule has 2 aliphatic heterocycles. The summed E-state index contributed by atoms with van der Waals surface area (Å²) in [6.45, 7) is 10.4. The highest BCUT2D eigenvalue weighted by molar-refractivity contribution is 8.13. The van der Waals surface area contributed by atoms with Crippen LogP contribution in [0.2, 0.25) is 0 Å². The van der Waals surface area contributed by atoms with Gasteiger partial charge in [0.05, 0.1) is 37.3 Å². The Morgan fingerprint density at radius 1 is 0.625 bits per heavy atom. The SMILES string of the molecule is C/C=C1\NC(=O)c2cc(SC)cc(n2)CNC(=O)C[C@@H](/C=C/CCSC(C)=O)OC(=O)[C@H](CCCCC)NC1=O.C/C=C1\NC(=O)c2nc(ccc2SC)CNC(=O)C[C@@H](/C=C/CCSC(C)=O)OC(=O)[C@H](CCCCC)NC1=O. The number of ether oxygens (including phenoxy) is 2. The van der Waals surface area contributed by atoms with Crippen molar-refractivity contribution in [3.05, 3.63) is 94.9 Å². The second-order valence-electron chi connectivity index (χ2n) is 18.1. The van der Waals surface area contributed by atoms with Crippen LogP contribution < -0.4 is 31.9 Å². The van der Waals surface area contributed by atoms with Crippen molar-refractivity contribution in [1.82, 2.24) is 41.9 Å². The van der Waals surface area contributed by atoms with E-state index in [0.717, 1.165) is 30.6 Å². The molecule has 0 spiro atoms. The molecule has 0 saturated carbocycles. The quantitative estimate of drug-likeness (QED) is 0.0280. The summed E-state index contributed by atoms with van der Waals surface area (Å²) in [6, 6.07) is 4.86. The number of carbonyl (C=O) groups excluding carboxylic acids is 10. The van der Waals surface area contributed by atoms with Crippen LogP contribution in [0.25, 0.3) is 0 Å². The molecule has 4 heterocycles. The van der Waals surface area contributed by atoms with Gasteiger partial charge in [0.15, 0.2) is 10.2 Å². The number of nitrogens with one attached hydrogen (secondary N) is 6. The van der Waals surface area contributed by atoms with E-state index in [0.29, 0.717) is 66.3 Å². The van der Waals surface area contributed by atoms with Crippen molar-refractivity contribution < 1.29 is 57.4 Å². The maximum Gasteiger partial charge on any atom is 0.329 e. The molecule has 20 nitrogen and oxygen atoms in total.